The minimum absolute atomic E-state index is 0.230. The smallest absolute Gasteiger partial charge is 0.135 e. The Labute approximate surface area is 94.4 Å². The molecule has 0 unspecified atom stereocenters. The molecule has 0 fully saturated rings. The van der Waals surface area contributed by atoms with Gasteiger partial charge in [-0.15, -0.1) is 0 Å². The highest BCUT2D eigenvalue weighted by atomic mass is 19.1. The van der Waals surface area contributed by atoms with E-state index in [4.69, 9.17) is 15.2 Å². The van der Waals surface area contributed by atoms with Crippen LogP contribution >= 0.6 is 0 Å². The molecule has 2 N–H and O–H groups in total. The normalized spacial score (nSPS) is 9.44. The van der Waals surface area contributed by atoms with Crippen LogP contribution in [0.2, 0.25) is 0 Å². The molecule has 4 heteroatoms. The third-order valence-corrected chi connectivity index (χ3v) is 1.81. The largest absolute Gasteiger partial charge is 0.490 e. The van der Waals surface area contributed by atoms with Crippen LogP contribution < -0.4 is 10.5 Å². The van der Waals surface area contributed by atoms with Gasteiger partial charge in [0.25, 0.3) is 0 Å². The predicted molar refractivity (Wildman–Crippen MR) is 59.7 cm³/mol. The molecule has 0 aromatic heterocycles. The summed E-state index contributed by atoms with van der Waals surface area (Å²) in [6.45, 7) is 1.11. The molecule has 0 aliphatic heterocycles. The molecule has 0 heterocycles. The number of hydrogen-bond donors (Lipinski definition) is 1. The maximum atomic E-state index is 13.0. The van der Waals surface area contributed by atoms with Crippen LogP contribution in [-0.4, -0.2) is 26.9 Å². The first-order valence-corrected chi connectivity index (χ1v) is 4.88. The molecule has 0 amide bonds. The predicted octanol–water partition coefficient (Wildman–Crippen LogP) is 1.16. The molecule has 0 spiro atoms. The Hall–Kier alpha value is -1.57. The van der Waals surface area contributed by atoms with E-state index in [1.807, 2.05) is 0 Å². The van der Waals surface area contributed by atoms with Crippen molar-refractivity contribution in [1.29, 1.82) is 0 Å². The highest BCUT2D eigenvalue weighted by molar-refractivity contribution is 5.46. The average molecular weight is 223 g/mol. The minimum Gasteiger partial charge on any atom is -0.490 e. The Kier molecular flexibility index (Phi) is 5.34. The Bertz CT molecular complexity index is 396. The first kappa shape index (κ1) is 12.5. The van der Waals surface area contributed by atoms with E-state index < -0.39 is 0 Å². The third kappa shape index (κ3) is 3.89. The molecular formula is C12H14FNO2. The van der Waals surface area contributed by atoms with Gasteiger partial charge in [0.2, 0.25) is 0 Å². The van der Waals surface area contributed by atoms with E-state index in [2.05, 4.69) is 11.8 Å². The van der Waals surface area contributed by atoms with E-state index >= 15 is 0 Å². The number of rotatable bonds is 4. The second-order valence-corrected chi connectivity index (χ2v) is 2.99. The standard InChI is InChI=1S/C12H14FNO2/c1-15-7-8-16-12-5-4-11(13)9-10(12)3-2-6-14/h4-5,9H,6-8,14H2,1H3. The van der Waals surface area contributed by atoms with E-state index in [0.717, 1.165) is 0 Å². The fourth-order valence-electron chi connectivity index (χ4n) is 1.11. The van der Waals surface area contributed by atoms with Crippen LogP contribution in [0.15, 0.2) is 18.2 Å². The van der Waals surface area contributed by atoms with Gasteiger partial charge in [0.05, 0.1) is 18.7 Å². The maximum Gasteiger partial charge on any atom is 0.135 e. The molecule has 1 aromatic carbocycles. The third-order valence-electron chi connectivity index (χ3n) is 1.81. The van der Waals surface area contributed by atoms with Gasteiger partial charge in [-0.05, 0) is 18.2 Å². The zero-order valence-corrected chi connectivity index (χ0v) is 9.13. The summed E-state index contributed by atoms with van der Waals surface area (Å²) in [4.78, 5) is 0. The van der Waals surface area contributed by atoms with Crippen LogP contribution in [0.5, 0.6) is 5.75 Å². The summed E-state index contributed by atoms with van der Waals surface area (Å²) in [5, 5.41) is 0. The van der Waals surface area contributed by atoms with Gasteiger partial charge in [-0.2, -0.15) is 0 Å². The van der Waals surface area contributed by atoms with Gasteiger partial charge < -0.3 is 15.2 Å². The Morgan fingerprint density at radius 1 is 1.38 bits per heavy atom. The Balaban J connectivity index is 2.80. The molecule has 1 aromatic rings. The van der Waals surface area contributed by atoms with Crippen LogP contribution in [0.25, 0.3) is 0 Å². The van der Waals surface area contributed by atoms with E-state index in [-0.39, 0.29) is 12.4 Å². The molecule has 0 atom stereocenters. The summed E-state index contributed by atoms with van der Waals surface area (Å²) in [6.07, 6.45) is 0. The molecule has 3 nitrogen and oxygen atoms in total. The van der Waals surface area contributed by atoms with Gasteiger partial charge in [0.15, 0.2) is 0 Å². The molecule has 0 aliphatic rings. The van der Waals surface area contributed by atoms with Crippen molar-refractivity contribution < 1.29 is 13.9 Å². The highest BCUT2D eigenvalue weighted by Crippen LogP contribution is 2.18. The van der Waals surface area contributed by atoms with Gasteiger partial charge >= 0.3 is 0 Å². The van der Waals surface area contributed by atoms with Crippen LogP contribution in [0, 0.1) is 17.7 Å². The molecule has 1 rings (SSSR count). The molecule has 0 saturated heterocycles. The topological polar surface area (TPSA) is 44.5 Å². The van der Waals surface area contributed by atoms with Crippen molar-refractivity contribution in [2.75, 3.05) is 26.9 Å². The summed E-state index contributed by atoms with van der Waals surface area (Å²) in [7, 11) is 1.59. The summed E-state index contributed by atoms with van der Waals surface area (Å²) >= 11 is 0. The van der Waals surface area contributed by atoms with Crippen LogP contribution in [0.1, 0.15) is 5.56 Å². The number of hydrogen-bond acceptors (Lipinski definition) is 3. The number of methoxy groups -OCH3 is 1. The highest BCUT2D eigenvalue weighted by Gasteiger charge is 2.02. The zero-order chi connectivity index (χ0) is 11.8. The van der Waals surface area contributed by atoms with Crippen molar-refractivity contribution in [1.82, 2.24) is 0 Å². The second-order valence-electron chi connectivity index (χ2n) is 2.99. The SMILES string of the molecule is COCCOc1ccc(F)cc1C#CCN. The number of ether oxygens (including phenoxy) is 2. The van der Waals surface area contributed by atoms with Crippen LogP contribution in [0.3, 0.4) is 0 Å². The Morgan fingerprint density at radius 3 is 2.88 bits per heavy atom. The van der Waals surface area contributed by atoms with Crippen molar-refractivity contribution >= 4 is 0 Å². The van der Waals surface area contributed by atoms with E-state index in [0.29, 0.717) is 24.5 Å². The van der Waals surface area contributed by atoms with Crippen LogP contribution in [0.4, 0.5) is 4.39 Å². The van der Waals surface area contributed by atoms with Gasteiger partial charge in [-0.25, -0.2) is 4.39 Å². The van der Waals surface area contributed by atoms with E-state index in [1.54, 1.807) is 13.2 Å². The minimum atomic E-state index is -0.347. The molecule has 0 radical (unpaired) electrons. The van der Waals surface area contributed by atoms with Crippen molar-refractivity contribution in [3.63, 3.8) is 0 Å². The van der Waals surface area contributed by atoms with Crippen molar-refractivity contribution in [3.8, 4) is 17.6 Å². The maximum absolute atomic E-state index is 13.0. The van der Waals surface area contributed by atoms with Gasteiger partial charge in [-0.3, -0.25) is 0 Å². The fraction of sp³-hybridized carbons (Fsp3) is 0.333. The molecule has 0 bridgehead atoms. The molecular weight excluding hydrogens is 209 g/mol. The zero-order valence-electron chi connectivity index (χ0n) is 9.13. The summed E-state index contributed by atoms with van der Waals surface area (Å²) < 4.78 is 23.2. The van der Waals surface area contributed by atoms with Crippen molar-refractivity contribution in [2.45, 2.75) is 0 Å². The first-order valence-electron chi connectivity index (χ1n) is 4.88. The number of nitrogens with two attached hydrogens (primary N) is 1. The fourth-order valence-corrected chi connectivity index (χ4v) is 1.11. The quantitative estimate of drug-likeness (QED) is 0.615. The summed E-state index contributed by atoms with van der Waals surface area (Å²) in [6, 6.07) is 4.20. The number of benzene rings is 1. The van der Waals surface area contributed by atoms with Crippen molar-refractivity contribution in [3.05, 3.63) is 29.6 Å². The van der Waals surface area contributed by atoms with E-state index in [9.17, 15) is 4.39 Å². The van der Waals surface area contributed by atoms with Crippen molar-refractivity contribution in [2.24, 2.45) is 5.73 Å². The molecule has 86 valence electrons. The van der Waals surface area contributed by atoms with Gasteiger partial charge in [-0.1, -0.05) is 11.8 Å². The summed E-state index contributed by atoms with van der Waals surface area (Å²) in [5.41, 5.74) is 5.76. The van der Waals surface area contributed by atoms with Gasteiger partial charge in [0, 0.05) is 7.11 Å². The lowest BCUT2D eigenvalue weighted by Crippen LogP contribution is -2.05. The average Bonchev–Trinajstić information content (AvgIpc) is 2.29. The molecule has 0 aliphatic carbocycles. The lowest BCUT2D eigenvalue weighted by molar-refractivity contribution is 0.146. The molecule has 0 saturated carbocycles. The lowest BCUT2D eigenvalue weighted by atomic mass is 10.2. The lowest BCUT2D eigenvalue weighted by Gasteiger charge is -2.07. The summed E-state index contributed by atoms with van der Waals surface area (Å²) in [5.74, 6) is 5.62. The Morgan fingerprint density at radius 2 is 2.19 bits per heavy atom. The second kappa shape index (κ2) is 6.83. The first-order chi connectivity index (χ1) is 7.77. The van der Waals surface area contributed by atoms with Gasteiger partial charge in [0.1, 0.15) is 18.2 Å². The number of halogens is 1. The molecule has 16 heavy (non-hydrogen) atoms. The van der Waals surface area contributed by atoms with E-state index in [1.165, 1.54) is 12.1 Å². The monoisotopic (exact) mass is 223 g/mol. The van der Waals surface area contributed by atoms with Crippen LogP contribution in [-0.2, 0) is 4.74 Å².